The summed E-state index contributed by atoms with van der Waals surface area (Å²) in [5.74, 6) is 0.994. The van der Waals surface area contributed by atoms with Gasteiger partial charge in [0.1, 0.15) is 12.4 Å². The Kier molecular flexibility index (Phi) is 4.23. The molecule has 0 amide bonds. The van der Waals surface area contributed by atoms with Crippen molar-refractivity contribution in [2.45, 2.75) is 33.9 Å². The molecule has 2 rings (SSSR count). The van der Waals surface area contributed by atoms with Crippen LogP contribution in [0, 0.1) is 20.8 Å². The molecule has 2 nitrogen and oxygen atoms in total. The van der Waals surface area contributed by atoms with Crippen LogP contribution in [-0.2, 0) is 13.2 Å². The minimum absolute atomic E-state index is 0.581. The van der Waals surface area contributed by atoms with Crippen LogP contribution < -0.4 is 10.5 Å². The Morgan fingerprint density at radius 1 is 0.895 bits per heavy atom. The Labute approximate surface area is 115 Å². The first kappa shape index (κ1) is 13.6. The summed E-state index contributed by atoms with van der Waals surface area (Å²) in [5, 5.41) is 0. The Hall–Kier alpha value is -1.80. The molecule has 100 valence electrons. The molecule has 0 fully saturated rings. The second kappa shape index (κ2) is 5.89. The highest BCUT2D eigenvalue weighted by molar-refractivity contribution is 5.43. The average molecular weight is 255 g/mol. The number of hydrogen-bond donors (Lipinski definition) is 1. The van der Waals surface area contributed by atoms with Gasteiger partial charge in [-0.3, -0.25) is 0 Å². The Morgan fingerprint density at radius 2 is 1.42 bits per heavy atom. The molecule has 2 aromatic rings. The molecule has 2 N–H and O–H groups in total. The zero-order valence-corrected chi connectivity index (χ0v) is 11.9. The van der Waals surface area contributed by atoms with Crippen LogP contribution in [0.15, 0.2) is 36.4 Å². The molecule has 19 heavy (non-hydrogen) atoms. The van der Waals surface area contributed by atoms with E-state index in [4.69, 9.17) is 10.5 Å². The lowest BCUT2D eigenvalue weighted by atomic mass is 10.1. The maximum Gasteiger partial charge on any atom is 0.125 e. The molecule has 0 saturated carbocycles. The van der Waals surface area contributed by atoms with Gasteiger partial charge < -0.3 is 10.5 Å². The smallest absolute Gasteiger partial charge is 0.125 e. The van der Waals surface area contributed by atoms with Gasteiger partial charge >= 0.3 is 0 Å². The number of benzene rings is 2. The maximum absolute atomic E-state index is 5.95. The summed E-state index contributed by atoms with van der Waals surface area (Å²) in [6.07, 6.45) is 0. The van der Waals surface area contributed by atoms with Crippen molar-refractivity contribution in [3.8, 4) is 5.75 Å². The normalized spacial score (nSPS) is 10.5. The van der Waals surface area contributed by atoms with E-state index in [0.29, 0.717) is 13.2 Å². The van der Waals surface area contributed by atoms with Gasteiger partial charge in [0.05, 0.1) is 0 Å². The van der Waals surface area contributed by atoms with Gasteiger partial charge in [-0.25, -0.2) is 0 Å². The molecule has 0 aromatic heterocycles. The van der Waals surface area contributed by atoms with Crippen molar-refractivity contribution in [1.82, 2.24) is 0 Å². The monoisotopic (exact) mass is 255 g/mol. The van der Waals surface area contributed by atoms with Gasteiger partial charge in [-0.15, -0.1) is 0 Å². The van der Waals surface area contributed by atoms with Crippen LogP contribution in [0.25, 0.3) is 0 Å². The van der Waals surface area contributed by atoms with E-state index in [-0.39, 0.29) is 0 Å². The van der Waals surface area contributed by atoms with Gasteiger partial charge in [-0.05, 0) is 43.0 Å². The third-order valence-corrected chi connectivity index (χ3v) is 3.25. The second-order valence-electron chi connectivity index (χ2n) is 5.04. The van der Waals surface area contributed by atoms with Gasteiger partial charge in [-0.1, -0.05) is 42.0 Å². The first-order valence-corrected chi connectivity index (χ1v) is 6.58. The second-order valence-corrected chi connectivity index (χ2v) is 5.04. The van der Waals surface area contributed by atoms with Crippen LogP contribution in [0.2, 0.25) is 0 Å². The van der Waals surface area contributed by atoms with Crippen molar-refractivity contribution in [1.29, 1.82) is 0 Å². The number of hydrogen-bond acceptors (Lipinski definition) is 2. The molecule has 0 radical (unpaired) electrons. The molecule has 0 heterocycles. The summed E-state index contributed by atoms with van der Waals surface area (Å²) in [6.45, 7) is 7.46. The molecule has 0 saturated heterocycles. The van der Waals surface area contributed by atoms with Crippen molar-refractivity contribution in [2.24, 2.45) is 5.73 Å². The molecule has 0 bridgehead atoms. The fraction of sp³-hybridized carbons (Fsp3) is 0.294. The van der Waals surface area contributed by atoms with E-state index in [1.807, 2.05) is 12.1 Å². The van der Waals surface area contributed by atoms with Gasteiger partial charge in [0, 0.05) is 6.54 Å². The van der Waals surface area contributed by atoms with Crippen molar-refractivity contribution in [3.63, 3.8) is 0 Å². The van der Waals surface area contributed by atoms with E-state index in [1.165, 1.54) is 16.7 Å². The minimum Gasteiger partial charge on any atom is -0.488 e. The van der Waals surface area contributed by atoms with Crippen molar-refractivity contribution < 1.29 is 4.74 Å². The van der Waals surface area contributed by atoms with E-state index >= 15 is 0 Å². The van der Waals surface area contributed by atoms with Crippen LogP contribution in [-0.4, -0.2) is 0 Å². The molecule has 0 atom stereocenters. The average Bonchev–Trinajstić information content (AvgIpc) is 2.38. The zero-order chi connectivity index (χ0) is 13.8. The van der Waals surface area contributed by atoms with Crippen molar-refractivity contribution in [2.75, 3.05) is 0 Å². The first-order chi connectivity index (χ1) is 9.10. The molecule has 2 heteroatoms. The fourth-order valence-corrected chi connectivity index (χ4v) is 2.32. The Bertz CT molecular complexity index is 535. The molecule has 0 unspecified atom stereocenters. The zero-order valence-electron chi connectivity index (χ0n) is 11.9. The summed E-state index contributed by atoms with van der Waals surface area (Å²) >= 11 is 0. The van der Waals surface area contributed by atoms with Gasteiger partial charge in [0.15, 0.2) is 0 Å². The van der Waals surface area contributed by atoms with E-state index in [1.54, 1.807) is 0 Å². The van der Waals surface area contributed by atoms with E-state index in [0.717, 1.165) is 16.9 Å². The van der Waals surface area contributed by atoms with Gasteiger partial charge in [-0.2, -0.15) is 0 Å². The third-order valence-electron chi connectivity index (χ3n) is 3.25. The number of ether oxygens (including phenoxy) is 1. The summed E-state index contributed by atoms with van der Waals surface area (Å²) in [4.78, 5) is 0. The van der Waals surface area contributed by atoms with Gasteiger partial charge in [0.25, 0.3) is 0 Å². The van der Waals surface area contributed by atoms with Crippen LogP contribution in [0.3, 0.4) is 0 Å². The van der Waals surface area contributed by atoms with Gasteiger partial charge in [0.2, 0.25) is 0 Å². The lowest BCUT2D eigenvalue weighted by Crippen LogP contribution is -2.01. The van der Waals surface area contributed by atoms with Crippen LogP contribution in [0.1, 0.15) is 27.8 Å². The quantitative estimate of drug-likeness (QED) is 0.905. The lowest BCUT2D eigenvalue weighted by molar-refractivity contribution is 0.302. The summed E-state index contributed by atoms with van der Waals surface area (Å²) in [7, 11) is 0. The lowest BCUT2D eigenvalue weighted by Gasteiger charge is -2.13. The Balaban J connectivity index is 2.10. The molecule has 0 aliphatic heterocycles. The van der Waals surface area contributed by atoms with Crippen molar-refractivity contribution in [3.05, 3.63) is 64.2 Å². The van der Waals surface area contributed by atoms with E-state index in [9.17, 15) is 0 Å². The summed E-state index contributed by atoms with van der Waals surface area (Å²) in [5.41, 5.74) is 11.6. The predicted molar refractivity (Wildman–Crippen MR) is 79.3 cm³/mol. The largest absolute Gasteiger partial charge is 0.488 e. The number of rotatable bonds is 4. The van der Waals surface area contributed by atoms with E-state index in [2.05, 4.69) is 45.0 Å². The highest BCUT2D eigenvalue weighted by Crippen LogP contribution is 2.25. The first-order valence-electron chi connectivity index (χ1n) is 6.58. The van der Waals surface area contributed by atoms with Crippen LogP contribution in [0.5, 0.6) is 5.75 Å². The van der Waals surface area contributed by atoms with E-state index < -0.39 is 0 Å². The molecule has 2 aromatic carbocycles. The van der Waals surface area contributed by atoms with Crippen molar-refractivity contribution >= 4 is 0 Å². The molecule has 0 spiro atoms. The highest BCUT2D eigenvalue weighted by Gasteiger charge is 2.05. The summed E-state index contributed by atoms with van der Waals surface area (Å²) < 4.78 is 5.95. The molecular weight excluding hydrogens is 234 g/mol. The number of nitrogens with two attached hydrogens (primary N) is 1. The summed E-state index contributed by atoms with van der Waals surface area (Å²) in [6, 6.07) is 12.5. The standard InChI is InChI=1S/C17H21NO/c1-12-8-13(2)17(14(3)9-12)19-11-16-6-4-15(10-18)5-7-16/h4-9H,10-11,18H2,1-3H3. The number of aryl methyl sites for hydroxylation is 3. The molecule has 0 aliphatic carbocycles. The topological polar surface area (TPSA) is 35.2 Å². The highest BCUT2D eigenvalue weighted by atomic mass is 16.5. The minimum atomic E-state index is 0.581. The Morgan fingerprint density at radius 3 is 1.95 bits per heavy atom. The molecule has 0 aliphatic rings. The maximum atomic E-state index is 5.95. The third kappa shape index (κ3) is 3.36. The predicted octanol–water partition coefficient (Wildman–Crippen LogP) is 3.65. The SMILES string of the molecule is Cc1cc(C)c(OCc2ccc(CN)cc2)c(C)c1. The van der Waals surface area contributed by atoms with Crippen LogP contribution >= 0.6 is 0 Å². The fourth-order valence-electron chi connectivity index (χ4n) is 2.32. The van der Waals surface area contributed by atoms with Crippen LogP contribution in [0.4, 0.5) is 0 Å². The molecular formula is C17H21NO.